The summed E-state index contributed by atoms with van der Waals surface area (Å²) in [6, 6.07) is 17.5. The van der Waals surface area contributed by atoms with Crippen LogP contribution in [0.25, 0.3) is 0 Å². The van der Waals surface area contributed by atoms with Gasteiger partial charge in [-0.2, -0.15) is 0 Å². The standard InChI is InChI=1S/C16H20N.H2O4S/c1-3-16(15-10-6-4-7-11-15)14(2)17-12-8-5-9-13-17;1-5(2,3)4/h4-14,16H,3H2,1-2H3;(H2,1,2,3,4)/q+1;/p-1. The van der Waals surface area contributed by atoms with Gasteiger partial charge in [-0.05, 0) is 18.9 Å². The van der Waals surface area contributed by atoms with Crippen LogP contribution in [0.5, 0.6) is 0 Å². The Bertz CT molecular complexity index is 636. The van der Waals surface area contributed by atoms with Crippen molar-refractivity contribution in [2.75, 3.05) is 0 Å². The van der Waals surface area contributed by atoms with Gasteiger partial charge in [0.1, 0.15) is 0 Å². The summed E-state index contributed by atoms with van der Waals surface area (Å²) < 4.78 is 35.1. The first kappa shape index (κ1) is 18.3. The maximum atomic E-state index is 8.63. The Balaban J connectivity index is 0.000000422. The molecule has 2 rings (SSSR count). The first-order valence-electron chi connectivity index (χ1n) is 7.02. The summed E-state index contributed by atoms with van der Waals surface area (Å²) in [6.07, 6.45) is 5.46. The second kappa shape index (κ2) is 8.63. The predicted molar refractivity (Wildman–Crippen MR) is 83.1 cm³/mol. The molecule has 0 amide bonds. The van der Waals surface area contributed by atoms with Gasteiger partial charge in [0.05, 0.1) is 0 Å². The number of benzene rings is 1. The Morgan fingerprint density at radius 1 is 1.09 bits per heavy atom. The number of nitrogens with zero attached hydrogens (tertiary/aromatic N) is 1. The van der Waals surface area contributed by atoms with Gasteiger partial charge in [-0.1, -0.05) is 43.3 Å². The highest BCUT2D eigenvalue weighted by atomic mass is 32.3. The lowest BCUT2D eigenvalue weighted by Crippen LogP contribution is -2.40. The van der Waals surface area contributed by atoms with E-state index in [4.69, 9.17) is 17.5 Å². The fraction of sp³-hybridized carbons (Fsp3) is 0.312. The summed E-state index contributed by atoms with van der Waals surface area (Å²) in [5.74, 6) is 0.573. The van der Waals surface area contributed by atoms with Crippen LogP contribution in [0, 0.1) is 0 Å². The highest BCUT2D eigenvalue weighted by Gasteiger charge is 2.24. The van der Waals surface area contributed by atoms with E-state index in [0.717, 1.165) is 6.42 Å². The normalized spacial score (nSPS) is 13.6. The largest absolute Gasteiger partial charge is 0.726 e. The highest BCUT2D eigenvalue weighted by Crippen LogP contribution is 2.27. The monoisotopic (exact) mass is 323 g/mol. The van der Waals surface area contributed by atoms with E-state index in [-0.39, 0.29) is 0 Å². The molecule has 0 bridgehead atoms. The molecular formula is C16H21NO4S. The molecule has 0 aliphatic rings. The summed E-state index contributed by atoms with van der Waals surface area (Å²) in [7, 11) is -4.92. The molecule has 1 aromatic heterocycles. The van der Waals surface area contributed by atoms with E-state index < -0.39 is 10.4 Å². The molecular weight excluding hydrogens is 302 g/mol. The molecule has 0 fully saturated rings. The van der Waals surface area contributed by atoms with E-state index >= 15 is 0 Å². The molecule has 1 heterocycles. The van der Waals surface area contributed by atoms with Crippen molar-refractivity contribution in [3.8, 4) is 0 Å². The van der Waals surface area contributed by atoms with Gasteiger partial charge in [0.15, 0.2) is 18.4 Å². The summed E-state index contributed by atoms with van der Waals surface area (Å²) in [4.78, 5) is 0. The minimum absolute atomic E-state index is 0.489. The molecule has 0 aliphatic carbocycles. The van der Waals surface area contributed by atoms with Crippen molar-refractivity contribution in [2.45, 2.75) is 32.2 Å². The second-order valence-corrected chi connectivity index (χ2v) is 5.77. The molecule has 0 saturated carbocycles. The SMILES string of the molecule is CCC(c1ccccc1)C(C)[n+]1ccccc1.O=S(=O)([O-])O. The Hall–Kier alpha value is -1.76. The average molecular weight is 323 g/mol. The molecule has 1 N–H and O–H groups in total. The molecule has 1 aromatic carbocycles. The van der Waals surface area contributed by atoms with Gasteiger partial charge in [-0.3, -0.25) is 4.55 Å². The molecule has 0 saturated heterocycles. The molecule has 6 heteroatoms. The third-order valence-corrected chi connectivity index (χ3v) is 3.46. The quantitative estimate of drug-likeness (QED) is 0.533. The zero-order valence-electron chi connectivity index (χ0n) is 12.7. The van der Waals surface area contributed by atoms with Gasteiger partial charge in [0, 0.05) is 18.1 Å². The van der Waals surface area contributed by atoms with E-state index in [1.54, 1.807) is 0 Å². The maximum absolute atomic E-state index is 8.63. The van der Waals surface area contributed by atoms with Crippen LogP contribution < -0.4 is 4.57 Å². The Kier molecular flexibility index (Phi) is 7.17. The zero-order valence-corrected chi connectivity index (χ0v) is 13.5. The van der Waals surface area contributed by atoms with Crippen LogP contribution in [0.3, 0.4) is 0 Å². The van der Waals surface area contributed by atoms with Crippen molar-refractivity contribution in [3.05, 3.63) is 66.5 Å². The fourth-order valence-corrected chi connectivity index (χ4v) is 2.45. The van der Waals surface area contributed by atoms with Crippen LogP contribution in [-0.4, -0.2) is 17.5 Å². The van der Waals surface area contributed by atoms with Gasteiger partial charge in [0.25, 0.3) is 0 Å². The zero-order chi connectivity index (χ0) is 16.6. The predicted octanol–water partition coefficient (Wildman–Crippen LogP) is 2.73. The van der Waals surface area contributed by atoms with E-state index in [1.807, 2.05) is 0 Å². The topological polar surface area (TPSA) is 81.3 Å². The third kappa shape index (κ3) is 6.80. The van der Waals surface area contributed by atoms with Gasteiger partial charge in [-0.25, -0.2) is 13.0 Å². The van der Waals surface area contributed by atoms with E-state index in [9.17, 15) is 0 Å². The smallest absolute Gasteiger partial charge is 0.215 e. The van der Waals surface area contributed by atoms with Gasteiger partial charge in [-0.15, -0.1) is 0 Å². The lowest BCUT2D eigenvalue weighted by Gasteiger charge is -2.18. The van der Waals surface area contributed by atoms with Gasteiger partial charge >= 0.3 is 0 Å². The molecule has 0 aliphatic heterocycles. The highest BCUT2D eigenvalue weighted by molar-refractivity contribution is 7.79. The van der Waals surface area contributed by atoms with Crippen LogP contribution in [0.15, 0.2) is 60.9 Å². The van der Waals surface area contributed by atoms with Crippen molar-refractivity contribution >= 4 is 10.4 Å². The lowest BCUT2D eigenvalue weighted by molar-refractivity contribution is -0.723. The third-order valence-electron chi connectivity index (χ3n) is 3.46. The van der Waals surface area contributed by atoms with E-state index in [0.29, 0.717) is 12.0 Å². The molecule has 0 radical (unpaired) electrons. The number of rotatable bonds is 4. The number of hydrogen-bond donors (Lipinski definition) is 1. The lowest BCUT2D eigenvalue weighted by atomic mass is 9.90. The van der Waals surface area contributed by atoms with Crippen LogP contribution in [-0.2, 0) is 10.4 Å². The minimum Gasteiger partial charge on any atom is -0.726 e. The minimum atomic E-state index is -4.92. The number of pyridine rings is 1. The van der Waals surface area contributed by atoms with E-state index in [1.165, 1.54) is 5.56 Å². The average Bonchev–Trinajstić information content (AvgIpc) is 2.48. The van der Waals surface area contributed by atoms with Crippen molar-refractivity contribution < 1.29 is 22.1 Å². The summed E-state index contributed by atoms with van der Waals surface area (Å²) in [6.45, 7) is 4.55. The van der Waals surface area contributed by atoms with Gasteiger partial charge < -0.3 is 4.55 Å². The summed E-state index contributed by atoms with van der Waals surface area (Å²) in [5, 5.41) is 0. The van der Waals surface area contributed by atoms with Crippen molar-refractivity contribution in [3.63, 3.8) is 0 Å². The maximum Gasteiger partial charge on any atom is 0.215 e. The van der Waals surface area contributed by atoms with Gasteiger partial charge in [0.2, 0.25) is 10.4 Å². The van der Waals surface area contributed by atoms with Crippen LogP contribution >= 0.6 is 0 Å². The first-order chi connectivity index (χ1) is 10.3. The Morgan fingerprint density at radius 3 is 2.00 bits per heavy atom. The van der Waals surface area contributed by atoms with Crippen LogP contribution in [0.4, 0.5) is 0 Å². The molecule has 2 atom stereocenters. The van der Waals surface area contributed by atoms with Crippen molar-refractivity contribution in [1.82, 2.24) is 0 Å². The number of aromatic nitrogens is 1. The van der Waals surface area contributed by atoms with E-state index in [2.05, 4.69) is 79.3 Å². The molecule has 2 unspecified atom stereocenters. The van der Waals surface area contributed by atoms with Crippen LogP contribution in [0.2, 0.25) is 0 Å². The summed E-state index contributed by atoms with van der Waals surface area (Å²) in [5.41, 5.74) is 1.43. The molecule has 120 valence electrons. The molecule has 5 nitrogen and oxygen atoms in total. The molecule has 2 aromatic rings. The fourth-order valence-electron chi connectivity index (χ4n) is 2.45. The second-order valence-electron chi connectivity index (χ2n) is 4.92. The van der Waals surface area contributed by atoms with Crippen molar-refractivity contribution in [1.29, 1.82) is 0 Å². The van der Waals surface area contributed by atoms with Crippen molar-refractivity contribution in [2.24, 2.45) is 0 Å². The first-order valence-corrected chi connectivity index (χ1v) is 8.38. The summed E-state index contributed by atoms with van der Waals surface area (Å²) >= 11 is 0. The number of hydrogen-bond acceptors (Lipinski definition) is 3. The van der Waals surface area contributed by atoms with Crippen LogP contribution in [0.1, 0.15) is 37.8 Å². The molecule has 0 spiro atoms. The Labute approximate surface area is 131 Å². The molecule has 22 heavy (non-hydrogen) atoms. The Morgan fingerprint density at radius 2 is 1.55 bits per heavy atom.